The van der Waals surface area contributed by atoms with Crippen LogP contribution >= 0.6 is 0 Å². The van der Waals surface area contributed by atoms with Gasteiger partial charge in [-0.05, 0) is 38.6 Å². The molecule has 1 aliphatic carbocycles. The SMILES string of the molecule is CCCN1C[C@@H](C(=O)OCC)C[C@H]2CC3(CC[C@@H]21)OCCO3. The molecule has 2 saturated heterocycles. The molecule has 2 aliphatic heterocycles. The lowest BCUT2D eigenvalue weighted by Crippen LogP contribution is -2.56. The van der Waals surface area contributed by atoms with Gasteiger partial charge in [-0.25, -0.2) is 0 Å². The molecule has 0 amide bonds. The molecule has 0 aromatic rings. The van der Waals surface area contributed by atoms with Crippen molar-refractivity contribution in [2.24, 2.45) is 11.8 Å². The summed E-state index contributed by atoms with van der Waals surface area (Å²) in [6.45, 7) is 7.87. The first-order valence-corrected chi connectivity index (χ1v) is 8.86. The lowest BCUT2D eigenvalue weighted by atomic mass is 9.72. The van der Waals surface area contributed by atoms with E-state index < -0.39 is 0 Å². The third-order valence-electron chi connectivity index (χ3n) is 5.39. The molecule has 3 aliphatic rings. The van der Waals surface area contributed by atoms with E-state index in [4.69, 9.17) is 14.2 Å². The standard InChI is InChI=1S/C17H29NO4/c1-3-7-18-12-14(16(19)20-4-2)10-13-11-17(6-5-15(13)18)21-8-9-22-17/h13-15H,3-12H2,1-2H3/t13-,14-,15-/m0/s1. The minimum absolute atomic E-state index is 0.00398. The maximum absolute atomic E-state index is 12.2. The summed E-state index contributed by atoms with van der Waals surface area (Å²) in [6, 6.07) is 0.573. The molecule has 0 unspecified atom stereocenters. The molecule has 1 spiro atoms. The molecule has 126 valence electrons. The fourth-order valence-corrected chi connectivity index (χ4v) is 4.56. The topological polar surface area (TPSA) is 48.0 Å². The van der Waals surface area contributed by atoms with Crippen LogP contribution in [0.4, 0.5) is 0 Å². The molecular formula is C17H29NO4. The Morgan fingerprint density at radius 2 is 2.09 bits per heavy atom. The number of ether oxygens (including phenoxy) is 3. The van der Waals surface area contributed by atoms with Gasteiger partial charge in [0.25, 0.3) is 0 Å². The molecule has 3 rings (SSSR count). The van der Waals surface area contributed by atoms with Crippen molar-refractivity contribution >= 4 is 5.97 Å². The van der Waals surface area contributed by atoms with Crippen LogP contribution in [-0.2, 0) is 19.0 Å². The van der Waals surface area contributed by atoms with Crippen molar-refractivity contribution in [3.63, 3.8) is 0 Å². The van der Waals surface area contributed by atoms with Gasteiger partial charge in [0, 0.05) is 25.4 Å². The number of hydrogen-bond acceptors (Lipinski definition) is 5. The summed E-state index contributed by atoms with van der Waals surface area (Å²) >= 11 is 0. The van der Waals surface area contributed by atoms with Crippen molar-refractivity contribution in [1.82, 2.24) is 4.90 Å². The third-order valence-corrected chi connectivity index (χ3v) is 5.39. The molecule has 2 heterocycles. The number of hydrogen-bond donors (Lipinski definition) is 0. The molecule has 0 aromatic heterocycles. The normalized spacial score (nSPS) is 34.5. The Labute approximate surface area is 133 Å². The lowest BCUT2D eigenvalue weighted by molar-refractivity contribution is -0.205. The molecule has 0 radical (unpaired) electrons. The van der Waals surface area contributed by atoms with E-state index in [1.165, 1.54) is 0 Å². The first-order valence-electron chi connectivity index (χ1n) is 8.86. The molecule has 0 aromatic carbocycles. The van der Waals surface area contributed by atoms with E-state index in [9.17, 15) is 4.79 Å². The van der Waals surface area contributed by atoms with Gasteiger partial charge in [-0.1, -0.05) is 6.92 Å². The highest BCUT2D eigenvalue weighted by atomic mass is 16.7. The Morgan fingerprint density at radius 3 is 2.77 bits per heavy atom. The Morgan fingerprint density at radius 1 is 1.32 bits per heavy atom. The highest BCUT2D eigenvalue weighted by molar-refractivity contribution is 5.72. The van der Waals surface area contributed by atoms with Gasteiger partial charge in [0.15, 0.2) is 5.79 Å². The van der Waals surface area contributed by atoms with Crippen molar-refractivity contribution in [2.45, 2.75) is 57.8 Å². The number of esters is 1. The van der Waals surface area contributed by atoms with Gasteiger partial charge in [-0.2, -0.15) is 0 Å². The zero-order valence-corrected chi connectivity index (χ0v) is 13.9. The van der Waals surface area contributed by atoms with Crippen molar-refractivity contribution < 1.29 is 19.0 Å². The zero-order chi connectivity index (χ0) is 15.6. The van der Waals surface area contributed by atoms with E-state index in [1.54, 1.807) is 0 Å². The second-order valence-corrected chi connectivity index (χ2v) is 6.86. The summed E-state index contributed by atoms with van der Waals surface area (Å²) < 4.78 is 17.1. The average Bonchev–Trinajstić information content (AvgIpc) is 2.95. The van der Waals surface area contributed by atoms with E-state index >= 15 is 0 Å². The Kier molecular flexibility index (Phi) is 5.05. The van der Waals surface area contributed by atoms with Gasteiger partial charge < -0.3 is 14.2 Å². The number of carbonyl (C=O) groups is 1. The third kappa shape index (κ3) is 3.17. The van der Waals surface area contributed by atoms with Crippen molar-refractivity contribution in [3.8, 4) is 0 Å². The summed E-state index contributed by atoms with van der Waals surface area (Å²) in [4.78, 5) is 14.7. The van der Waals surface area contributed by atoms with E-state index in [0.29, 0.717) is 31.8 Å². The summed E-state index contributed by atoms with van der Waals surface area (Å²) in [6.07, 6.45) is 5.06. The van der Waals surface area contributed by atoms with Crippen molar-refractivity contribution in [3.05, 3.63) is 0 Å². The molecule has 0 N–H and O–H groups in total. The molecule has 5 heteroatoms. The number of piperidine rings is 1. The molecule has 3 fully saturated rings. The van der Waals surface area contributed by atoms with Crippen LogP contribution in [-0.4, -0.2) is 55.6 Å². The molecule has 3 atom stereocenters. The minimum Gasteiger partial charge on any atom is -0.466 e. The van der Waals surface area contributed by atoms with E-state index in [2.05, 4.69) is 11.8 Å². The Hall–Kier alpha value is -0.650. The van der Waals surface area contributed by atoms with Gasteiger partial charge in [-0.15, -0.1) is 0 Å². The fourth-order valence-electron chi connectivity index (χ4n) is 4.56. The second kappa shape index (κ2) is 6.85. The number of rotatable bonds is 4. The quantitative estimate of drug-likeness (QED) is 0.745. The van der Waals surface area contributed by atoms with Gasteiger partial charge >= 0.3 is 5.97 Å². The number of carbonyl (C=O) groups excluding carboxylic acids is 1. The molecule has 0 bridgehead atoms. The van der Waals surface area contributed by atoms with Crippen LogP contribution in [0.2, 0.25) is 0 Å². The number of nitrogens with zero attached hydrogens (tertiary/aromatic N) is 1. The highest BCUT2D eigenvalue weighted by Crippen LogP contribution is 2.45. The summed E-state index contributed by atoms with van der Waals surface area (Å²) in [5.74, 6) is 0.0797. The maximum atomic E-state index is 12.2. The summed E-state index contributed by atoms with van der Waals surface area (Å²) in [5, 5.41) is 0. The van der Waals surface area contributed by atoms with Crippen molar-refractivity contribution in [1.29, 1.82) is 0 Å². The summed E-state index contributed by atoms with van der Waals surface area (Å²) in [7, 11) is 0. The van der Waals surface area contributed by atoms with Gasteiger partial charge in [0.05, 0.1) is 25.7 Å². The first-order chi connectivity index (χ1) is 10.7. The van der Waals surface area contributed by atoms with Crippen LogP contribution in [0, 0.1) is 11.8 Å². The smallest absolute Gasteiger partial charge is 0.310 e. The number of likely N-dealkylation sites (tertiary alicyclic amines) is 1. The predicted molar refractivity (Wildman–Crippen MR) is 82.4 cm³/mol. The monoisotopic (exact) mass is 311 g/mol. The Balaban J connectivity index is 1.71. The molecule has 22 heavy (non-hydrogen) atoms. The van der Waals surface area contributed by atoms with Crippen LogP contribution in [0.1, 0.15) is 46.0 Å². The van der Waals surface area contributed by atoms with Crippen LogP contribution in [0.25, 0.3) is 0 Å². The first kappa shape index (κ1) is 16.2. The van der Waals surface area contributed by atoms with Gasteiger partial charge in [0.2, 0.25) is 0 Å². The number of fused-ring (bicyclic) bond motifs is 1. The summed E-state index contributed by atoms with van der Waals surface area (Å²) in [5.41, 5.74) is 0. The molecular weight excluding hydrogens is 282 g/mol. The largest absolute Gasteiger partial charge is 0.466 e. The van der Waals surface area contributed by atoms with Crippen LogP contribution in [0.5, 0.6) is 0 Å². The van der Waals surface area contributed by atoms with Gasteiger partial charge in [-0.3, -0.25) is 9.69 Å². The molecule has 1 saturated carbocycles. The zero-order valence-electron chi connectivity index (χ0n) is 13.9. The second-order valence-electron chi connectivity index (χ2n) is 6.86. The lowest BCUT2D eigenvalue weighted by Gasteiger charge is -2.50. The maximum Gasteiger partial charge on any atom is 0.310 e. The van der Waals surface area contributed by atoms with Crippen molar-refractivity contribution in [2.75, 3.05) is 32.9 Å². The van der Waals surface area contributed by atoms with Crippen LogP contribution < -0.4 is 0 Å². The predicted octanol–water partition coefficient (Wildman–Crippen LogP) is 2.19. The molecule has 5 nitrogen and oxygen atoms in total. The van der Waals surface area contributed by atoms with E-state index in [0.717, 1.165) is 45.2 Å². The van der Waals surface area contributed by atoms with Crippen LogP contribution in [0.15, 0.2) is 0 Å². The fraction of sp³-hybridized carbons (Fsp3) is 0.941. The average molecular weight is 311 g/mol. The minimum atomic E-state index is -0.365. The Bertz CT molecular complexity index is 394. The highest BCUT2D eigenvalue weighted by Gasteiger charge is 2.49. The van der Waals surface area contributed by atoms with E-state index in [-0.39, 0.29) is 17.7 Å². The van der Waals surface area contributed by atoms with Crippen LogP contribution in [0.3, 0.4) is 0 Å². The van der Waals surface area contributed by atoms with Gasteiger partial charge in [0.1, 0.15) is 0 Å². The van der Waals surface area contributed by atoms with E-state index in [1.807, 2.05) is 6.92 Å².